The predicted octanol–water partition coefficient (Wildman–Crippen LogP) is 2.50. The number of aryl methyl sites for hydroxylation is 1. The summed E-state index contributed by atoms with van der Waals surface area (Å²) in [4.78, 5) is 12.3. The largest absolute Gasteiger partial charge is 0.496 e. The van der Waals surface area contributed by atoms with Gasteiger partial charge in [-0.15, -0.1) is 0 Å². The van der Waals surface area contributed by atoms with Crippen molar-refractivity contribution in [3.8, 4) is 0 Å². The molecule has 4 nitrogen and oxygen atoms in total. The fourth-order valence-electron chi connectivity index (χ4n) is 2.81. The molecule has 0 radical (unpaired) electrons. The molecule has 0 saturated carbocycles. The van der Waals surface area contributed by atoms with Crippen LogP contribution in [-0.2, 0) is 15.9 Å². The monoisotopic (exact) mass is 325 g/mol. The molecular weight excluding hydrogens is 301 g/mol. The average Bonchev–Trinajstić information content (AvgIpc) is 2.71. The Morgan fingerprint density at radius 1 is 1.04 bits per heavy atom. The lowest BCUT2D eigenvalue weighted by Gasteiger charge is -2.32. The summed E-state index contributed by atoms with van der Waals surface area (Å²) >= 11 is 0. The van der Waals surface area contributed by atoms with E-state index in [0.717, 1.165) is 16.6 Å². The van der Waals surface area contributed by atoms with Crippen LogP contribution < -0.4 is 11.0 Å². The minimum absolute atomic E-state index is 0.0170. The average molecular weight is 325 g/mol. The number of rotatable bonds is 3. The lowest BCUT2D eigenvalue weighted by molar-refractivity contribution is 0.00578. The molecule has 1 aliphatic heterocycles. The first kappa shape index (κ1) is 17.0. The van der Waals surface area contributed by atoms with Gasteiger partial charge in [-0.05, 0) is 45.7 Å². The van der Waals surface area contributed by atoms with Crippen LogP contribution in [-0.4, -0.2) is 22.9 Å². The molecule has 0 aliphatic carbocycles. The van der Waals surface area contributed by atoms with E-state index in [9.17, 15) is 4.79 Å². The number of benzene rings is 1. The molecule has 0 amide bonds. The van der Waals surface area contributed by atoms with E-state index in [4.69, 9.17) is 9.31 Å². The van der Waals surface area contributed by atoms with Crippen molar-refractivity contribution in [2.75, 3.05) is 0 Å². The van der Waals surface area contributed by atoms with Crippen LogP contribution in [0, 0.1) is 6.92 Å². The maximum atomic E-state index is 12.3. The summed E-state index contributed by atoms with van der Waals surface area (Å²) in [7, 11) is -0.461. The maximum Gasteiger partial charge on any atom is 0.496 e. The van der Waals surface area contributed by atoms with Gasteiger partial charge in [0.05, 0.1) is 17.7 Å². The second-order valence-corrected chi connectivity index (χ2v) is 7.45. The number of hydrogen-bond donors (Lipinski definition) is 0. The minimum Gasteiger partial charge on any atom is -0.399 e. The van der Waals surface area contributed by atoms with Crippen molar-refractivity contribution in [3.63, 3.8) is 0 Å². The number of pyridine rings is 1. The van der Waals surface area contributed by atoms with E-state index < -0.39 is 18.3 Å². The molecule has 1 aromatic heterocycles. The summed E-state index contributed by atoms with van der Waals surface area (Å²) in [5.74, 6) is 0. The van der Waals surface area contributed by atoms with E-state index in [1.54, 1.807) is 10.6 Å². The topological polar surface area (TPSA) is 40.5 Å². The standard InChI is InChI=1S/C19H24BNO3/c1-14-11-17(22)21(12-15-9-7-6-8-10-15)13-16(14)20-23-18(2,3)19(4,5)24-20/h6-11,13H,12H2,1-5H3. The molecule has 1 aliphatic rings. The van der Waals surface area contributed by atoms with E-state index in [0.29, 0.717) is 6.54 Å². The van der Waals surface area contributed by atoms with Gasteiger partial charge in [0.15, 0.2) is 0 Å². The molecule has 0 N–H and O–H groups in total. The molecular formula is C19H24BNO3. The minimum atomic E-state index is -0.461. The van der Waals surface area contributed by atoms with Crippen molar-refractivity contribution in [1.29, 1.82) is 0 Å². The zero-order chi connectivity index (χ0) is 17.5. The highest BCUT2D eigenvalue weighted by Crippen LogP contribution is 2.36. The van der Waals surface area contributed by atoms with Crippen LogP contribution in [0.4, 0.5) is 0 Å². The first-order valence-electron chi connectivity index (χ1n) is 8.30. The van der Waals surface area contributed by atoms with Gasteiger partial charge >= 0.3 is 7.12 Å². The van der Waals surface area contributed by atoms with Gasteiger partial charge in [-0.1, -0.05) is 30.3 Å². The molecule has 2 heterocycles. The van der Waals surface area contributed by atoms with Crippen LogP contribution in [0.15, 0.2) is 47.4 Å². The van der Waals surface area contributed by atoms with Gasteiger partial charge < -0.3 is 13.9 Å². The van der Waals surface area contributed by atoms with Crippen molar-refractivity contribution >= 4 is 12.6 Å². The molecule has 5 heteroatoms. The third-order valence-electron chi connectivity index (χ3n) is 5.08. The van der Waals surface area contributed by atoms with Crippen molar-refractivity contribution in [2.24, 2.45) is 0 Å². The van der Waals surface area contributed by atoms with E-state index in [1.165, 1.54) is 0 Å². The van der Waals surface area contributed by atoms with Gasteiger partial charge in [0.25, 0.3) is 5.56 Å². The Hall–Kier alpha value is -1.85. The molecule has 3 rings (SSSR count). The number of hydrogen-bond acceptors (Lipinski definition) is 3. The summed E-state index contributed by atoms with van der Waals surface area (Å²) in [5.41, 5.74) is 2.07. The molecule has 126 valence electrons. The van der Waals surface area contributed by atoms with Gasteiger partial charge in [-0.2, -0.15) is 0 Å². The summed E-state index contributed by atoms with van der Waals surface area (Å²) < 4.78 is 14.0. The Bertz CT molecular complexity index is 780. The highest BCUT2D eigenvalue weighted by molar-refractivity contribution is 6.62. The molecule has 1 aromatic carbocycles. The van der Waals surface area contributed by atoms with Crippen LogP contribution in [0.2, 0.25) is 0 Å². The fourth-order valence-corrected chi connectivity index (χ4v) is 2.81. The van der Waals surface area contributed by atoms with Crippen molar-refractivity contribution in [1.82, 2.24) is 4.57 Å². The third-order valence-corrected chi connectivity index (χ3v) is 5.08. The lowest BCUT2D eigenvalue weighted by Crippen LogP contribution is -2.41. The second-order valence-electron chi connectivity index (χ2n) is 7.45. The smallest absolute Gasteiger partial charge is 0.399 e. The predicted molar refractivity (Wildman–Crippen MR) is 96.7 cm³/mol. The van der Waals surface area contributed by atoms with Crippen LogP contribution in [0.25, 0.3) is 0 Å². The van der Waals surface area contributed by atoms with Crippen LogP contribution in [0.5, 0.6) is 0 Å². The first-order chi connectivity index (χ1) is 11.2. The number of nitrogens with zero attached hydrogens (tertiary/aromatic N) is 1. The molecule has 2 aromatic rings. The third kappa shape index (κ3) is 3.06. The maximum absolute atomic E-state index is 12.3. The van der Waals surface area contributed by atoms with Gasteiger partial charge in [0.2, 0.25) is 0 Å². The van der Waals surface area contributed by atoms with E-state index >= 15 is 0 Å². The molecule has 24 heavy (non-hydrogen) atoms. The Kier molecular flexibility index (Phi) is 4.18. The Labute approximate surface area is 143 Å². The molecule has 0 bridgehead atoms. The van der Waals surface area contributed by atoms with E-state index in [-0.39, 0.29) is 5.56 Å². The Morgan fingerprint density at radius 2 is 1.62 bits per heavy atom. The van der Waals surface area contributed by atoms with E-state index in [2.05, 4.69) is 0 Å². The fraction of sp³-hybridized carbons (Fsp3) is 0.421. The van der Waals surface area contributed by atoms with Gasteiger partial charge in [-0.25, -0.2) is 0 Å². The van der Waals surface area contributed by atoms with Gasteiger partial charge in [-0.3, -0.25) is 4.79 Å². The summed E-state index contributed by atoms with van der Waals surface area (Å²) in [5, 5.41) is 0. The van der Waals surface area contributed by atoms with Gasteiger partial charge in [0, 0.05) is 17.7 Å². The first-order valence-corrected chi connectivity index (χ1v) is 8.30. The van der Waals surface area contributed by atoms with Crippen LogP contribution >= 0.6 is 0 Å². The van der Waals surface area contributed by atoms with Gasteiger partial charge in [0.1, 0.15) is 0 Å². The summed E-state index contributed by atoms with van der Waals surface area (Å²) in [6.45, 7) is 10.6. The van der Waals surface area contributed by atoms with Crippen LogP contribution in [0.3, 0.4) is 0 Å². The second kappa shape index (κ2) is 5.90. The number of aromatic nitrogens is 1. The highest BCUT2D eigenvalue weighted by atomic mass is 16.7. The SMILES string of the molecule is Cc1cc(=O)n(Cc2ccccc2)cc1B1OC(C)(C)C(C)(C)O1. The summed E-state index contributed by atoms with van der Waals surface area (Å²) in [6.07, 6.45) is 1.87. The molecule has 1 saturated heterocycles. The zero-order valence-corrected chi connectivity index (χ0v) is 15.0. The zero-order valence-electron chi connectivity index (χ0n) is 15.0. The van der Waals surface area contributed by atoms with Crippen molar-refractivity contribution < 1.29 is 9.31 Å². The van der Waals surface area contributed by atoms with E-state index in [1.807, 2.05) is 71.1 Å². The molecule has 0 unspecified atom stereocenters. The lowest BCUT2D eigenvalue weighted by atomic mass is 9.77. The summed E-state index contributed by atoms with van der Waals surface area (Å²) in [6, 6.07) is 11.6. The Balaban J connectivity index is 1.95. The van der Waals surface area contributed by atoms with Crippen molar-refractivity contribution in [3.05, 3.63) is 64.1 Å². The molecule has 0 spiro atoms. The van der Waals surface area contributed by atoms with Crippen molar-refractivity contribution in [2.45, 2.75) is 52.4 Å². The van der Waals surface area contributed by atoms with Crippen LogP contribution in [0.1, 0.15) is 38.8 Å². The Morgan fingerprint density at radius 3 is 2.21 bits per heavy atom. The molecule has 0 atom stereocenters. The normalized spacial score (nSPS) is 18.8. The molecule has 1 fully saturated rings. The quantitative estimate of drug-likeness (QED) is 0.814. The highest BCUT2D eigenvalue weighted by Gasteiger charge is 2.52.